The van der Waals surface area contributed by atoms with Crippen LogP contribution in [0.2, 0.25) is 0 Å². The first-order chi connectivity index (χ1) is 14.2. The van der Waals surface area contributed by atoms with Gasteiger partial charge in [-0.25, -0.2) is 0 Å². The Morgan fingerprint density at radius 3 is 2.66 bits per heavy atom. The zero-order chi connectivity index (χ0) is 20.4. The lowest BCUT2D eigenvalue weighted by Gasteiger charge is -2.16. The lowest BCUT2D eigenvalue weighted by molar-refractivity contribution is 0.0938. The molecule has 0 saturated carbocycles. The van der Waals surface area contributed by atoms with E-state index in [1.807, 2.05) is 42.6 Å². The van der Waals surface area contributed by atoms with E-state index in [0.29, 0.717) is 24.5 Å². The maximum atomic E-state index is 13.2. The molecule has 1 aromatic heterocycles. The number of carbonyl (C=O) groups is 1. The number of nitrogens with zero attached hydrogens (tertiary/aromatic N) is 1. The maximum absolute atomic E-state index is 13.2. The summed E-state index contributed by atoms with van der Waals surface area (Å²) in [5, 5.41) is 4.17. The molecule has 6 nitrogen and oxygen atoms in total. The van der Waals surface area contributed by atoms with Gasteiger partial charge in [0, 0.05) is 30.8 Å². The van der Waals surface area contributed by atoms with Crippen molar-refractivity contribution in [3.05, 3.63) is 59.3 Å². The van der Waals surface area contributed by atoms with Crippen LogP contribution in [0.4, 0.5) is 0 Å². The zero-order valence-corrected chi connectivity index (χ0v) is 17.0. The highest BCUT2D eigenvalue weighted by Crippen LogP contribution is 2.39. The van der Waals surface area contributed by atoms with Gasteiger partial charge in [0.05, 0.1) is 32.4 Å². The van der Waals surface area contributed by atoms with Crippen LogP contribution in [0.25, 0.3) is 10.9 Å². The highest BCUT2D eigenvalue weighted by molar-refractivity contribution is 6.07. The summed E-state index contributed by atoms with van der Waals surface area (Å²) in [5.74, 6) is 1.34. The summed E-state index contributed by atoms with van der Waals surface area (Å²) >= 11 is 0. The second-order valence-corrected chi connectivity index (χ2v) is 7.22. The monoisotopic (exact) mass is 394 g/mol. The van der Waals surface area contributed by atoms with Gasteiger partial charge in [0.2, 0.25) is 0 Å². The van der Waals surface area contributed by atoms with Crippen LogP contribution in [0.15, 0.2) is 42.6 Å². The van der Waals surface area contributed by atoms with Gasteiger partial charge in [0.25, 0.3) is 5.91 Å². The van der Waals surface area contributed by atoms with Crippen molar-refractivity contribution in [2.75, 3.05) is 27.9 Å². The fourth-order valence-corrected chi connectivity index (χ4v) is 4.12. The lowest BCUT2D eigenvalue weighted by Crippen LogP contribution is -2.27. The highest BCUT2D eigenvalue weighted by Gasteiger charge is 2.27. The molecule has 0 bridgehead atoms. The summed E-state index contributed by atoms with van der Waals surface area (Å²) in [6, 6.07) is 11.9. The molecule has 0 radical (unpaired) electrons. The predicted octanol–water partition coefficient (Wildman–Crippen LogP) is 3.72. The number of benzene rings is 2. The largest absolute Gasteiger partial charge is 0.493 e. The molecule has 29 heavy (non-hydrogen) atoms. The average Bonchev–Trinajstić information content (AvgIpc) is 3.32. The van der Waals surface area contributed by atoms with E-state index in [9.17, 15) is 4.79 Å². The summed E-state index contributed by atoms with van der Waals surface area (Å²) in [4.78, 5) is 13.2. The Morgan fingerprint density at radius 1 is 1.14 bits per heavy atom. The molecule has 2 aromatic carbocycles. The summed E-state index contributed by atoms with van der Waals surface area (Å²) in [6.45, 7) is 1.30. The molecular formula is C23H26N2O4. The third kappa shape index (κ3) is 3.56. The summed E-state index contributed by atoms with van der Waals surface area (Å²) in [5.41, 5.74) is 4.01. The number of hydrogen-bond acceptors (Lipinski definition) is 4. The molecule has 1 aliphatic rings. The Labute approximate surface area is 170 Å². The van der Waals surface area contributed by atoms with E-state index in [-0.39, 0.29) is 11.9 Å². The van der Waals surface area contributed by atoms with E-state index in [2.05, 4.69) is 9.88 Å². The minimum absolute atomic E-state index is 0.0432. The van der Waals surface area contributed by atoms with E-state index in [4.69, 9.17) is 14.2 Å². The number of para-hydroxylation sites is 1. The number of carbonyl (C=O) groups excluding carboxylic acids is 1. The average molecular weight is 394 g/mol. The Bertz CT molecular complexity index is 1040. The van der Waals surface area contributed by atoms with Gasteiger partial charge in [-0.15, -0.1) is 0 Å². The molecule has 1 amide bonds. The first-order valence-corrected chi connectivity index (χ1v) is 9.78. The van der Waals surface area contributed by atoms with Crippen LogP contribution in [-0.2, 0) is 17.7 Å². The third-order valence-corrected chi connectivity index (χ3v) is 5.60. The first kappa shape index (κ1) is 19.3. The first-order valence-electron chi connectivity index (χ1n) is 9.78. The smallest absolute Gasteiger partial charge is 0.253 e. The molecule has 1 N–H and O–H groups in total. The number of nitrogens with one attached hydrogen (secondary N) is 1. The quantitative estimate of drug-likeness (QED) is 0.663. The second kappa shape index (κ2) is 8.17. The van der Waals surface area contributed by atoms with E-state index >= 15 is 0 Å². The number of fused-ring (bicyclic) bond motifs is 2. The Balaban J connectivity index is 1.62. The van der Waals surface area contributed by atoms with Gasteiger partial charge in [-0.1, -0.05) is 18.2 Å². The van der Waals surface area contributed by atoms with Crippen LogP contribution in [0.5, 0.6) is 11.5 Å². The molecule has 1 unspecified atom stereocenters. The standard InChI is InChI=1S/C23H26N2O4/c1-27-11-10-25-14-18(16-6-4-5-7-20(16)25)23(26)24-19-9-8-15-12-21(28-2)22(29-3)13-17(15)19/h4-7,12-14,19H,8-11H2,1-3H3,(H,24,26). The maximum Gasteiger partial charge on any atom is 0.253 e. The number of aryl methyl sites for hydroxylation is 1. The van der Waals surface area contributed by atoms with Crippen molar-refractivity contribution in [2.45, 2.75) is 25.4 Å². The minimum Gasteiger partial charge on any atom is -0.493 e. The van der Waals surface area contributed by atoms with Crippen molar-refractivity contribution in [1.29, 1.82) is 0 Å². The lowest BCUT2D eigenvalue weighted by atomic mass is 10.1. The van der Waals surface area contributed by atoms with E-state index in [1.165, 1.54) is 5.56 Å². The number of rotatable bonds is 7. The Morgan fingerprint density at radius 2 is 1.90 bits per heavy atom. The number of hydrogen-bond donors (Lipinski definition) is 1. The van der Waals surface area contributed by atoms with E-state index in [0.717, 1.165) is 35.1 Å². The van der Waals surface area contributed by atoms with Crippen LogP contribution in [0, 0.1) is 0 Å². The van der Waals surface area contributed by atoms with E-state index < -0.39 is 0 Å². The zero-order valence-electron chi connectivity index (χ0n) is 17.0. The van der Waals surface area contributed by atoms with Gasteiger partial charge in [0.1, 0.15) is 0 Å². The van der Waals surface area contributed by atoms with Crippen LogP contribution in [0.1, 0.15) is 33.9 Å². The van der Waals surface area contributed by atoms with Gasteiger partial charge in [-0.2, -0.15) is 0 Å². The molecule has 6 heteroatoms. The van der Waals surface area contributed by atoms with Crippen molar-refractivity contribution < 1.29 is 19.0 Å². The van der Waals surface area contributed by atoms with Gasteiger partial charge < -0.3 is 24.1 Å². The fourth-order valence-electron chi connectivity index (χ4n) is 4.12. The number of methoxy groups -OCH3 is 3. The molecule has 1 atom stereocenters. The molecule has 152 valence electrons. The van der Waals surface area contributed by atoms with Crippen LogP contribution in [-0.4, -0.2) is 38.4 Å². The molecule has 0 spiro atoms. The fraction of sp³-hybridized carbons (Fsp3) is 0.348. The molecule has 0 saturated heterocycles. The number of aromatic nitrogens is 1. The highest BCUT2D eigenvalue weighted by atomic mass is 16.5. The van der Waals surface area contributed by atoms with Crippen molar-refractivity contribution in [3.8, 4) is 11.5 Å². The van der Waals surface area contributed by atoms with Gasteiger partial charge >= 0.3 is 0 Å². The Hall–Kier alpha value is -2.99. The number of ether oxygens (including phenoxy) is 3. The molecule has 3 aromatic rings. The molecule has 1 heterocycles. The SMILES string of the molecule is COCCn1cc(C(=O)NC2CCc3cc(OC)c(OC)cc32)c2ccccc21. The van der Waals surface area contributed by atoms with Crippen molar-refractivity contribution >= 4 is 16.8 Å². The van der Waals surface area contributed by atoms with E-state index in [1.54, 1.807) is 21.3 Å². The van der Waals surface area contributed by atoms with Gasteiger partial charge in [0.15, 0.2) is 11.5 Å². The van der Waals surface area contributed by atoms with Crippen LogP contribution >= 0.6 is 0 Å². The molecule has 0 fully saturated rings. The summed E-state index contributed by atoms with van der Waals surface area (Å²) in [6.07, 6.45) is 3.68. The predicted molar refractivity (Wildman–Crippen MR) is 112 cm³/mol. The topological polar surface area (TPSA) is 61.7 Å². The van der Waals surface area contributed by atoms with Crippen molar-refractivity contribution in [2.24, 2.45) is 0 Å². The van der Waals surface area contributed by atoms with Crippen molar-refractivity contribution in [1.82, 2.24) is 9.88 Å². The Kier molecular flexibility index (Phi) is 5.45. The van der Waals surface area contributed by atoms with Crippen LogP contribution < -0.4 is 14.8 Å². The molecular weight excluding hydrogens is 368 g/mol. The third-order valence-electron chi connectivity index (χ3n) is 5.60. The summed E-state index contributed by atoms with van der Waals surface area (Å²) < 4.78 is 18.1. The molecule has 4 rings (SSSR count). The molecule has 1 aliphatic carbocycles. The second-order valence-electron chi connectivity index (χ2n) is 7.22. The summed E-state index contributed by atoms with van der Waals surface area (Å²) in [7, 11) is 4.94. The normalized spacial score (nSPS) is 15.3. The van der Waals surface area contributed by atoms with Gasteiger partial charge in [-0.05, 0) is 42.2 Å². The molecule has 0 aliphatic heterocycles. The van der Waals surface area contributed by atoms with Crippen molar-refractivity contribution in [3.63, 3.8) is 0 Å². The van der Waals surface area contributed by atoms with Gasteiger partial charge in [-0.3, -0.25) is 4.79 Å². The number of amides is 1. The minimum atomic E-state index is -0.0648. The van der Waals surface area contributed by atoms with Crippen LogP contribution in [0.3, 0.4) is 0 Å².